The average molecular weight is 277 g/mol. The van der Waals surface area contributed by atoms with Crippen molar-refractivity contribution in [3.8, 4) is 0 Å². The summed E-state index contributed by atoms with van der Waals surface area (Å²) in [5.74, 6) is 0. The quantitative estimate of drug-likeness (QED) is 0.916. The lowest BCUT2D eigenvalue weighted by Gasteiger charge is -2.23. The van der Waals surface area contributed by atoms with E-state index in [0.717, 1.165) is 25.1 Å². The maximum absolute atomic E-state index is 12.0. The van der Waals surface area contributed by atoms with Gasteiger partial charge in [0.15, 0.2) is 0 Å². The van der Waals surface area contributed by atoms with E-state index in [1.54, 1.807) is 12.3 Å². The third kappa shape index (κ3) is 2.73. The van der Waals surface area contributed by atoms with Crippen LogP contribution in [0, 0.1) is 0 Å². The maximum Gasteiger partial charge on any atom is 0.268 e. The van der Waals surface area contributed by atoms with Crippen LogP contribution in [-0.4, -0.2) is 28.0 Å². The summed E-state index contributed by atoms with van der Waals surface area (Å²) in [5.41, 5.74) is 0.852. The Labute approximate surface area is 119 Å². The fourth-order valence-corrected chi connectivity index (χ4v) is 3.48. The number of ether oxygens (including phenoxy) is 1. The Bertz CT molecular complexity index is 520. The van der Waals surface area contributed by atoms with Gasteiger partial charge in [0.2, 0.25) is 0 Å². The molecular formula is C15H23N3O2. The van der Waals surface area contributed by atoms with E-state index in [1.165, 1.54) is 30.4 Å². The fraction of sp³-hybridized carbons (Fsp3) is 0.733. The van der Waals surface area contributed by atoms with Gasteiger partial charge in [-0.2, -0.15) is 5.10 Å². The smallest absolute Gasteiger partial charge is 0.268 e. The molecule has 2 aliphatic rings. The molecule has 20 heavy (non-hydrogen) atoms. The van der Waals surface area contributed by atoms with Crippen molar-refractivity contribution in [2.75, 3.05) is 11.9 Å². The van der Waals surface area contributed by atoms with Gasteiger partial charge < -0.3 is 10.1 Å². The van der Waals surface area contributed by atoms with Crippen LogP contribution in [0.4, 0.5) is 5.69 Å². The minimum Gasteiger partial charge on any atom is -0.384 e. The first-order chi connectivity index (χ1) is 9.71. The van der Waals surface area contributed by atoms with Crippen molar-refractivity contribution in [1.82, 2.24) is 9.78 Å². The monoisotopic (exact) mass is 277 g/mol. The summed E-state index contributed by atoms with van der Waals surface area (Å²) in [6, 6.07) is 1.61. The number of anilines is 1. The summed E-state index contributed by atoms with van der Waals surface area (Å²) < 4.78 is 7.76. The average Bonchev–Trinajstić information content (AvgIpc) is 3.04. The Morgan fingerprint density at radius 3 is 2.95 bits per heavy atom. The molecule has 1 aliphatic carbocycles. The molecule has 2 fully saturated rings. The lowest BCUT2D eigenvalue weighted by molar-refractivity contribution is -0.0433. The zero-order chi connectivity index (χ0) is 14.0. The van der Waals surface area contributed by atoms with Crippen molar-refractivity contribution < 1.29 is 4.74 Å². The zero-order valence-corrected chi connectivity index (χ0v) is 12.1. The van der Waals surface area contributed by atoms with Crippen molar-refractivity contribution >= 4 is 5.69 Å². The molecule has 1 aromatic rings. The van der Waals surface area contributed by atoms with Crippen LogP contribution in [-0.2, 0) is 11.3 Å². The van der Waals surface area contributed by atoms with Crippen LogP contribution in [0.2, 0.25) is 0 Å². The number of nitrogens with zero attached hydrogens (tertiary/aromatic N) is 2. The second-order valence-electron chi connectivity index (χ2n) is 5.96. The number of hydrogen-bond acceptors (Lipinski definition) is 4. The van der Waals surface area contributed by atoms with Gasteiger partial charge in [0.25, 0.3) is 5.56 Å². The first-order valence-corrected chi connectivity index (χ1v) is 7.70. The van der Waals surface area contributed by atoms with Gasteiger partial charge in [-0.3, -0.25) is 4.79 Å². The SMILES string of the molecule is CCNc1cnn(CC2CCC3(CCCC3)O2)c(=O)c1. The van der Waals surface area contributed by atoms with Gasteiger partial charge in [-0.15, -0.1) is 0 Å². The van der Waals surface area contributed by atoms with Crippen LogP contribution in [0.25, 0.3) is 0 Å². The summed E-state index contributed by atoms with van der Waals surface area (Å²) in [7, 11) is 0. The molecule has 2 heterocycles. The highest BCUT2D eigenvalue weighted by atomic mass is 16.5. The van der Waals surface area contributed by atoms with Gasteiger partial charge in [0.05, 0.1) is 30.1 Å². The van der Waals surface area contributed by atoms with Crippen LogP contribution in [0.3, 0.4) is 0 Å². The van der Waals surface area contributed by atoms with Crippen molar-refractivity contribution in [2.24, 2.45) is 0 Å². The normalized spacial score (nSPS) is 24.4. The molecule has 5 nitrogen and oxygen atoms in total. The first-order valence-electron chi connectivity index (χ1n) is 7.70. The number of nitrogens with one attached hydrogen (secondary N) is 1. The summed E-state index contributed by atoms with van der Waals surface area (Å²) in [6.07, 6.45) is 8.97. The molecule has 0 aromatic carbocycles. The van der Waals surface area contributed by atoms with E-state index in [-0.39, 0.29) is 17.3 Å². The molecule has 110 valence electrons. The van der Waals surface area contributed by atoms with Crippen LogP contribution >= 0.6 is 0 Å². The molecule has 0 bridgehead atoms. The van der Waals surface area contributed by atoms with E-state index < -0.39 is 0 Å². The van der Waals surface area contributed by atoms with E-state index >= 15 is 0 Å². The molecule has 1 atom stereocenters. The number of hydrogen-bond donors (Lipinski definition) is 1. The van der Waals surface area contributed by atoms with E-state index in [4.69, 9.17) is 4.74 Å². The third-order valence-electron chi connectivity index (χ3n) is 4.48. The van der Waals surface area contributed by atoms with Gasteiger partial charge >= 0.3 is 0 Å². The molecular weight excluding hydrogens is 254 g/mol. The van der Waals surface area contributed by atoms with Gasteiger partial charge in [-0.1, -0.05) is 12.8 Å². The Kier molecular flexibility index (Phi) is 3.78. The largest absolute Gasteiger partial charge is 0.384 e. The Morgan fingerprint density at radius 1 is 1.45 bits per heavy atom. The topological polar surface area (TPSA) is 56.1 Å². The molecule has 0 radical (unpaired) electrons. The summed E-state index contributed by atoms with van der Waals surface area (Å²) >= 11 is 0. The fourth-order valence-electron chi connectivity index (χ4n) is 3.48. The van der Waals surface area contributed by atoms with Gasteiger partial charge in [0, 0.05) is 12.6 Å². The van der Waals surface area contributed by atoms with Crippen molar-refractivity contribution in [2.45, 2.75) is 63.7 Å². The predicted molar refractivity (Wildman–Crippen MR) is 78.0 cm³/mol. The summed E-state index contributed by atoms with van der Waals surface area (Å²) in [5, 5.41) is 7.34. The Hall–Kier alpha value is -1.36. The molecule has 1 N–H and O–H groups in total. The molecule has 5 heteroatoms. The minimum absolute atomic E-state index is 0.0561. The molecule has 0 amide bonds. The molecule has 1 saturated heterocycles. The number of aromatic nitrogens is 2. The highest BCUT2D eigenvalue weighted by Gasteiger charge is 2.42. The molecule has 1 unspecified atom stereocenters. The van der Waals surface area contributed by atoms with Crippen LogP contribution in [0.1, 0.15) is 45.4 Å². The lowest BCUT2D eigenvalue weighted by Crippen LogP contribution is -2.31. The third-order valence-corrected chi connectivity index (χ3v) is 4.48. The first kappa shape index (κ1) is 13.6. The molecule has 1 saturated carbocycles. The second kappa shape index (κ2) is 5.56. The van der Waals surface area contributed by atoms with Gasteiger partial charge in [-0.25, -0.2) is 4.68 Å². The molecule has 1 aliphatic heterocycles. The lowest BCUT2D eigenvalue weighted by atomic mass is 9.98. The van der Waals surface area contributed by atoms with Gasteiger partial charge in [-0.05, 0) is 32.6 Å². The second-order valence-corrected chi connectivity index (χ2v) is 5.96. The van der Waals surface area contributed by atoms with E-state index in [0.29, 0.717) is 6.54 Å². The molecule has 1 aromatic heterocycles. The van der Waals surface area contributed by atoms with E-state index in [1.807, 2.05) is 6.92 Å². The summed E-state index contributed by atoms with van der Waals surface area (Å²) in [6.45, 7) is 3.37. The van der Waals surface area contributed by atoms with Gasteiger partial charge in [0.1, 0.15) is 0 Å². The maximum atomic E-state index is 12.0. The van der Waals surface area contributed by atoms with Crippen molar-refractivity contribution in [3.05, 3.63) is 22.6 Å². The minimum atomic E-state index is -0.0561. The Balaban J connectivity index is 1.65. The molecule has 1 spiro atoms. The van der Waals surface area contributed by atoms with Crippen molar-refractivity contribution in [3.63, 3.8) is 0 Å². The van der Waals surface area contributed by atoms with E-state index in [2.05, 4.69) is 10.4 Å². The molecule has 3 rings (SSSR count). The van der Waals surface area contributed by atoms with E-state index in [9.17, 15) is 4.79 Å². The highest BCUT2D eigenvalue weighted by molar-refractivity contribution is 5.38. The predicted octanol–water partition coefficient (Wildman–Crippen LogP) is 2.17. The standard InChI is InChI=1S/C15H23N3O2/c1-2-16-12-9-14(19)18(17-10-12)11-13-5-8-15(20-13)6-3-4-7-15/h9-10,13,16H,2-8,11H2,1H3. The zero-order valence-electron chi connectivity index (χ0n) is 12.1. The highest BCUT2D eigenvalue weighted by Crippen LogP contribution is 2.43. The van der Waals surface area contributed by atoms with Crippen LogP contribution < -0.4 is 10.9 Å². The number of rotatable bonds is 4. The Morgan fingerprint density at radius 2 is 2.25 bits per heavy atom. The van der Waals surface area contributed by atoms with Crippen LogP contribution in [0.5, 0.6) is 0 Å². The summed E-state index contributed by atoms with van der Waals surface area (Å²) in [4.78, 5) is 12.0. The van der Waals surface area contributed by atoms with Crippen molar-refractivity contribution in [1.29, 1.82) is 0 Å². The van der Waals surface area contributed by atoms with Crippen LogP contribution in [0.15, 0.2) is 17.1 Å².